The van der Waals surface area contributed by atoms with E-state index < -0.39 is 34.9 Å². The Morgan fingerprint density at radius 2 is 1.78 bits per heavy atom. The molecule has 0 spiro atoms. The van der Waals surface area contributed by atoms with E-state index in [0.717, 1.165) is 5.06 Å². The highest BCUT2D eigenvalue weighted by Gasteiger charge is 2.49. The zero-order chi connectivity index (χ0) is 17.1. The van der Waals surface area contributed by atoms with E-state index in [1.165, 1.54) is 38.5 Å². The van der Waals surface area contributed by atoms with E-state index >= 15 is 0 Å². The number of non-ortho nitro benzene ring substituents is 1. The predicted octanol–water partition coefficient (Wildman–Crippen LogP) is 1.06. The van der Waals surface area contributed by atoms with Crippen LogP contribution in [0.2, 0.25) is 0 Å². The van der Waals surface area contributed by atoms with Crippen molar-refractivity contribution in [3.05, 3.63) is 39.9 Å². The summed E-state index contributed by atoms with van der Waals surface area (Å²) >= 11 is 0. The first-order valence-corrected chi connectivity index (χ1v) is 6.78. The topological polar surface area (TPSA) is 119 Å². The molecule has 9 nitrogen and oxygen atoms in total. The number of carbonyl (C=O) groups excluding carboxylic acids is 2. The van der Waals surface area contributed by atoms with Crippen LogP contribution >= 0.6 is 0 Å². The molecule has 1 aliphatic rings. The van der Waals surface area contributed by atoms with Crippen LogP contribution < -0.4 is 0 Å². The molecule has 1 heterocycles. The van der Waals surface area contributed by atoms with Crippen LogP contribution in [0.3, 0.4) is 0 Å². The third kappa shape index (κ3) is 3.15. The first-order valence-electron chi connectivity index (χ1n) is 6.78. The Morgan fingerprint density at radius 1 is 1.22 bits per heavy atom. The Morgan fingerprint density at radius 3 is 2.26 bits per heavy atom. The number of nitro benzene ring substituents is 1. The summed E-state index contributed by atoms with van der Waals surface area (Å²) < 4.78 is 9.34. The van der Waals surface area contributed by atoms with Gasteiger partial charge in [-0.25, -0.2) is 0 Å². The number of hydroxylamine groups is 2. The molecule has 2 rings (SSSR count). The van der Waals surface area contributed by atoms with Crippen molar-refractivity contribution in [3.8, 4) is 0 Å². The van der Waals surface area contributed by atoms with Crippen molar-refractivity contribution in [1.29, 1.82) is 0 Å². The minimum atomic E-state index is -1.01. The zero-order valence-electron chi connectivity index (χ0n) is 12.5. The van der Waals surface area contributed by atoms with Crippen LogP contribution in [0, 0.1) is 16.0 Å². The van der Waals surface area contributed by atoms with Crippen molar-refractivity contribution >= 4 is 17.6 Å². The second kappa shape index (κ2) is 6.71. The molecule has 1 aromatic carbocycles. The number of nitro groups is 1. The van der Waals surface area contributed by atoms with Gasteiger partial charge in [0.1, 0.15) is 6.04 Å². The summed E-state index contributed by atoms with van der Waals surface area (Å²) in [5, 5.41) is 21.7. The highest BCUT2D eigenvalue weighted by Crippen LogP contribution is 2.41. The summed E-state index contributed by atoms with van der Waals surface area (Å²) in [5.74, 6) is -2.06. The lowest BCUT2D eigenvalue weighted by Crippen LogP contribution is -2.36. The number of ether oxygens (including phenoxy) is 2. The fraction of sp³-hybridized carbons (Fsp3) is 0.429. The highest BCUT2D eigenvalue weighted by atomic mass is 16.6. The molecule has 1 fully saturated rings. The molecule has 0 aliphatic carbocycles. The van der Waals surface area contributed by atoms with Crippen LogP contribution in [0.1, 0.15) is 18.0 Å². The number of rotatable bonds is 4. The van der Waals surface area contributed by atoms with Crippen molar-refractivity contribution in [2.24, 2.45) is 5.92 Å². The van der Waals surface area contributed by atoms with E-state index in [1.54, 1.807) is 0 Å². The van der Waals surface area contributed by atoms with E-state index in [1.807, 2.05) is 0 Å². The minimum Gasteiger partial charge on any atom is -0.469 e. The summed E-state index contributed by atoms with van der Waals surface area (Å²) in [4.78, 5) is 33.8. The highest BCUT2D eigenvalue weighted by molar-refractivity contribution is 5.80. The van der Waals surface area contributed by atoms with Crippen molar-refractivity contribution in [2.75, 3.05) is 14.2 Å². The number of esters is 2. The molecule has 1 saturated heterocycles. The third-order valence-corrected chi connectivity index (χ3v) is 3.89. The normalized spacial score (nSPS) is 24.2. The second-order valence-corrected chi connectivity index (χ2v) is 5.08. The van der Waals surface area contributed by atoms with Crippen LogP contribution in [0.15, 0.2) is 24.3 Å². The smallest absolute Gasteiger partial charge is 0.325 e. The number of benzene rings is 1. The molecule has 0 bridgehead atoms. The van der Waals surface area contributed by atoms with Crippen LogP contribution in [0.5, 0.6) is 0 Å². The van der Waals surface area contributed by atoms with Crippen molar-refractivity contribution in [3.63, 3.8) is 0 Å². The van der Waals surface area contributed by atoms with Crippen LogP contribution in [-0.2, 0) is 19.1 Å². The molecular weight excluding hydrogens is 308 g/mol. The van der Waals surface area contributed by atoms with Gasteiger partial charge in [-0.1, -0.05) is 12.1 Å². The summed E-state index contributed by atoms with van der Waals surface area (Å²) in [5.41, 5.74) is 0.343. The molecule has 0 unspecified atom stereocenters. The van der Waals surface area contributed by atoms with Gasteiger partial charge in [-0.2, -0.15) is 5.06 Å². The van der Waals surface area contributed by atoms with Crippen molar-refractivity contribution in [1.82, 2.24) is 5.06 Å². The lowest BCUT2D eigenvalue weighted by Gasteiger charge is -2.24. The molecule has 124 valence electrons. The number of methoxy groups -OCH3 is 2. The van der Waals surface area contributed by atoms with Gasteiger partial charge in [-0.15, -0.1) is 0 Å². The first kappa shape index (κ1) is 16.8. The largest absolute Gasteiger partial charge is 0.469 e. The van der Waals surface area contributed by atoms with E-state index in [9.17, 15) is 24.9 Å². The molecule has 0 amide bonds. The standard InChI is InChI=1S/C14H16N2O7/c1-22-13(17)10-7-11(14(18)23-2)15(19)12(10)8-3-5-9(6-4-8)16(20)21/h3-6,10-12,19H,7H2,1-2H3/t10-,11-,12+/m1/s1. The van der Waals surface area contributed by atoms with Crippen molar-refractivity contribution < 1.29 is 29.2 Å². The predicted molar refractivity (Wildman–Crippen MR) is 75.4 cm³/mol. The molecule has 0 saturated carbocycles. The average Bonchev–Trinajstić information content (AvgIpc) is 2.90. The minimum absolute atomic E-state index is 0.0253. The Kier molecular flexibility index (Phi) is 4.92. The lowest BCUT2D eigenvalue weighted by atomic mass is 9.93. The fourth-order valence-corrected chi connectivity index (χ4v) is 2.75. The van der Waals surface area contributed by atoms with Gasteiger partial charge in [0.15, 0.2) is 0 Å². The average molecular weight is 324 g/mol. The Labute approximate surface area is 131 Å². The maximum Gasteiger partial charge on any atom is 0.325 e. The monoisotopic (exact) mass is 324 g/mol. The maximum atomic E-state index is 12.0. The molecule has 0 aromatic heterocycles. The quantitative estimate of drug-likeness (QED) is 0.496. The summed E-state index contributed by atoms with van der Waals surface area (Å²) in [6.45, 7) is 0. The second-order valence-electron chi connectivity index (χ2n) is 5.08. The van der Waals surface area contributed by atoms with E-state index in [4.69, 9.17) is 4.74 Å². The molecule has 9 heteroatoms. The van der Waals surface area contributed by atoms with Crippen LogP contribution in [0.25, 0.3) is 0 Å². The number of nitrogens with zero attached hydrogens (tertiary/aromatic N) is 2. The van der Waals surface area contributed by atoms with Gasteiger partial charge in [-0.3, -0.25) is 19.7 Å². The van der Waals surface area contributed by atoms with Gasteiger partial charge in [-0.05, 0) is 12.0 Å². The van der Waals surface area contributed by atoms with Gasteiger partial charge < -0.3 is 14.7 Å². The van der Waals surface area contributed by atoms with Crippen LogP contribution in [0.4, 0.5) is 5.69 Å². The molecule has 1 aromatic rings. The summed E-state index contributed by atoms with van der Waals surface area (Å²) in [6.07, 6.45) is 0.0253. The summed E-state index contributed by atoms with van der Waals surface area (Å²) in [6, 6.07) is 3.53. The number of hydrogen-bond donors (Lipinski definition) is 1. The fourth-order valence-electron chi connectivity index (χ4n) is 2.75. The van der Waals surface area contributed by atoms with Gasteiger partial charge in [0.2, 0.25) is 0 Å². The van der Waals surface area contributed by atoms with Gasteiger partial charge in [0.05, 0.1) is 31.1 Å². The van der Waals surface area contributed by atoms with Gasteiger partial charge >= 0.3 is 11.9 Å². The lowest BCUT2D eigenvalue weighted by molar-refractivity contribution is -0.384. The molecule has 3 atom stereocenters. The Balaban J connectivity index is 2.36. The molecule has 23 heavy (non-hydrogen) atoms. The Bertz CT molecular complexity index is 616. The number of hydrogen-bond acceptors (Lipinski definition) is 8. The molecule has 0 radical (unpaired) electrons. The third-order valence-electron chi connectivity index (χ3n) is 3.89. The van der Waals surface area contributed by atoms with Crippen molar-refractivity contribution in [2.45, 2.75) is 18.5 Å². The number of carbonyl (C=O) groups is 2. The van der Waals surface area contributed by atoms with E-state index in [-0.39, 0.29) is 12.1 Å². The maximum absolute atomic E-state index is 12.0. The summed E-state index contributed by atoms with van der Waals surface area (Å²) in [7, 11) is 2.39. The van der Waals surface area contributed by atoms with E-state index in [2.05, 4.69) is 4.74 Å². The first-order chi connectivity index (χ1) is 10.9. The van der Waals surface area contributed by atoms with Gasteiger partial charge in [0.25, 0.3) is 5.69 Å². The Hall–Kier alpha value is -2.52. The molecule has 1 aliphatic heterocycles. The van der Waals surface area contributed by atoms with Gasteiger partial charge in [0, 0.05) is 12.1 Å². The molecular formula is C14H16N2O7. The van der Waals surface area contributed by atoms with E-state index in [0.29, 0.717) is 5.56 Å². The SMILES string of the molecule is COC(=O)[C@H]1C[C@@H](C(=O)OC)[C@H](c2ccc([N+](=O)[O-])cc2)N1O. The van der Waals surface area contributed by atoms with Crippen LogP contribution in [-0.4, -0.2) is 47.4 Å². The zero-order valence-corrected chi connectivity index (χ0v) is 12.5. The molecule has 1 N–H and O–H groups in total.